The van der Waals surface area contributed by atoms with Crippen molar-refractivity contribution in [2.24, 2.45) is 16.7 Å². The number of halogens is 2. The van der Waals surface area contributed by atoms with E-state index < -0.39 is 0 Å². The second kappa shape index (κ2) is 5.82. The summed E-state index contributed by atoms with van der Waals surface area (Å²) in [6.45, 7) is 9.38. The molecule has 0 aromatic rings. The molecule has 1 saturated carbocycles. The molecule has 1 saturated heterocycles. The largest absolute Gasteiger partial charge is 0.144 e. The normalized spacial score (nSPS) is 40.9. The van der Waals surface area contributed by atoms with Crippen molar-refractivity contribution in [3.8, 4) is 0 Å². The van der Waals surface area contributed by atoms with Gasteiger partial charge in [-0.05, 0) is 53.9 Å². The highest BCUT2D eigenvalue weighted by atomic mass is 35.5. The topological polar surface area (TPSA) is 0 Å². The smallest absolute Gasteiger partial charge is 0.113 e. The number of hydrogen-bond donors (Lipinski definition) is 0. The molecule has 0 N–H and O–H groups in total. The molecule has 1 aliphatic carbocycles. The van der Waals surface area contributed by atoms with Gasteiger partial charge in [-0.25, -0.2) is 0 Å². The highest BCUT2D eigenvalue weighted by molar-refractivity contribution is 8.18. The van der Waals surface area contributed by atoms with Crippen LogP contribution in [0.3, 0.4) is 0 Å². The van der Waals surface area contributed by atoms with E-state index in [2.05, 4.69) is 51.2 Å². The van der Waals surface area contributed by atoms with Gasteiger partial charge in [0, 0.05) is 0 Å². The summed E-state index contributed by atoms with van der Waals surface area (Å²) < 4.78 is 0.462. The van der Waals surface area contributed by atoms with Gasteiger partial charge in [0.1, 0.15) is 4.84 Å². The molecule has 0 radical (unpaired) electrons. The monoisotopic (exact) mass is 340 g/mol. The molecule has 2 aliphatic rings. The van der Waals surface area contributed by atoms with Crippen LogP contribution >= 0.6 is 46.7 Å². The van der Waals surface area contributed by atoms with Crippen LogP contribution in [0.4, 0.5) is 0 Å². The molecule has 1 aliphatic heterocycles. The Labute approximate surface area is 137 Å². The molecule has 4 heteroatoms. The van der Waals surface area contributed by atoms with Crippen LogP contribution in [0.15, 0.2) is 0 Å². The van der Waals surface area contributed by atoms with Crippen LogP contribution in [0.1, 0.15) is 53.4 Å². The van der Waals surface area contributed by atoms with E-state index in [0.29, 0.717) is 9.49 Å². The van der Waals surface area contributed by atoms with Gasteiger partial charge in [-0.2, -0.15) is 0 Å². The van der Waals surface area contributed by atoms with Crippen molar-refractivity contribution < 1.29 is 0 Å². The fourth-order valence-electron chi connectivity index (χ4n) is 2.80. The van der Waals surface area contributed by atoms with E-state index in [1.807, 2.05) is 0 Å². The van der Waals surface area contributed by atoms with Gasteiger partial charge in [-0.1, -0.05) is 27.7 Å². The third-order valence-corrected chi connectivity index (χ3v) is 9.77. The summed E-state index contributed by atoms with van der Waals surface area (Å²) >= 11 is 16.7. The van der Waals surface area contributed by atoms with Crippen molar-refractivity contribution in [3.63, 3.8) is 0 Å². The van der Waals surface area contributed by atoms with Crippen molar-refractivity contribution in [2.75, 3.05) is 11.5 Å². The Bertz CT molecular complexity index is 305. The summed E-state index contributed by atoms with van der Waals surface area (Å²) in [6.07, 6.45) is 4.88. The van der Waals surface area contributed by atoms with Gasteiger partial charge >= 0.3 is 0 Å². The van der Waals surface area contributed by atoms with Gasteiger partial charge in [-0.15, -0.1) is 46.7 Å². The minimum atomic E-state index is -0.217. The molecule has 2 fully saturated rings. The van der Waals surface area contributed by atoms with E-state index in [9.17, 15) is 0 Å². The molecule has 0 atom stereocenters. The number of hydrogen-bond acceptors (Lipinski definition) is 2. The fourth-order valence-corrected chi connectivity index (χ4v) is 7.36. The van der Waals surface area contributed by atoms with E-state index >= 15 is 0 Å². The third kappa shape index (κ3) is 3.73. The lowest BCUT2D eigenvalue weighted by Crippen LogP contribution is -2.41. The highest BCUT2D eigenvalue weighted by Crippen LogP contribution is 2.59. The van der Waals surface area contributed by atoms with Crippen molar-refractivity contribution in [3.05, 3.63) is 0 Å². The summed E-state index contributed by atoms with van der Waals surface area (Å²) in [7, 11) is 0. The molecule has 0 amide bonds. The Morgan fingerprint density at radius 2 is 1.47 bits per heavy atom. The molecule has 0 nitrogen and oxygen atoms in total. The van der Waals surface area contributed by atoms with Crippen LogP contribution in [0.2, 0.25) is 0 Å². The predicted molar refractivity (Wildman–Crippen MR) is 92.7 cm³/mol. The van der Waals surface area contributed by atoms with Crippen molar-refractivity contribution >= 4 is 46.7 Å². The quantitative estimate of drug-likeness (QED) is 0.520. The summed E-state index contributed by atoms with van der Waals surface area (Å²) in [4.78, 5) is -0.217. The minimum absolute atomic E-state index is 0.135. The maximum atomic E-state index is 6.16. The fraction of sp³-hybridized carbons (Fsp3) is 1.00. The zero-order valence-corrected chi connectivity index (χ0v) is 15.6. The minimum Gasteiger partial charge on any atom is -0.144 e. The number of rotatable bonds is 1. The Kier molecular flexibility index (Phi) is 5.10. The van der Waals surface area contributed by atoms with Crippen LogP contribution in [0.5, 0.6) is 0 Å². The van der Waals surface area contributed by atoms with Crippen LogP contribution in [0.25, 0.3) is 0 Å². The van der Waals surface area contributed by atoms with E-state index in [1.165, 1.54) is 37.2 Å². The SMILES string of the molecule is CC(C)(C)C1CSC2(CCC(C)(C(Cl)Cl)CC2)SC1. The predicted octanol–water partition coefficient (Wildman–Crippen LogP) is 6.21. The zero-order chi connectivity index (χ0) is 14.3. The van der Waals surface area contributed by atoms with Gasteiger partial charge in [0.05, 0.1) is 4.08 Å². The van der Waals surface area contributed by atoms with Crippen LogP contribution in [-0.2, 0) is 0 Å². The molecular formula is C15H26Cl2S2. The van der Waals surface area contributed by atoms with Crippen LogP contribution < -0.4 is 0 Å². The standard InChI is InChI=1S/C15H26Cl2S2/c1-13(2,3)11-9-18-15(19-10-11)7-5-14(4,6-8-15)12(16)17/h11-12H,5-10H2,1-4H3. The molecule has 112 valence electrons. The lowest BCUT2D eigenvalue weighted by atomic mass is 9.76. The van der Waals surface area contributed by atoms with Gasteiger partial charge in [0.2, 0.25) is 0 Å². The van der Waals surface area contributed by atoms with E-state index in [4.69, 9.17) is 23.2 Å². The van der Waals surface area contributed by atoms with Gasteiger partial charge in [0.15, 0.2) is 0 Å². The van der Waals surface area contributed by atoms with E-state index in [0.717, 1.165) is 5.92 Å². The molecule has 0 unspecified atom stereocenters. The van der Waals surface area contributed by atoms with Crippen molar-refractivity contribution in [2.45, 2.75) is 62.3 Å². The molecule has 0 aromatic carbocycles. The maximum absolute atomic E-state index is 6.16. The number of thioether (sulfide) groups is 2. The second-order valence-corrected chi connectivity index (χ2v) is 11.7. The molecule has 1 heterocycles. The first-order chi connectivity index (χ1) is 8.67. The van der Waals surface area contributed by atoms with Crippen molar-refractivity contribution in [1.29, 1.82) is 0 Å². The van der Waals surface area contributed by atoms with Crippen LogP contribution in [0, 0.1) is 16.7 Å². The number of alkyl halides is 2. The zero-order valence-electron chi connectivity index (χ0n) is 12.5. The van der Waals surface area contributed by atoms with Gasteiger partial charge in [-0.3, -0.25) is 0 Å². The average Bonchev–Trinajstić information content (AvgIpc) is 2.33. The maximum Gasteiger partial charge on any atom is 0.113 e. The molecular weight excluding hydrogens is 315 g/mol. The van der Waals surface area contributed by atoms with E-state index in [-0.39, 0.29) is 10.3 Å². The van der Waals surface area contributed by atoms with E-state index in [1.54, 1.807) is 0 Å². The first kappa shape index (κ1) is 16.6. The van der Waals surface area contributed by atoms with Crippen molar-refractivity contribution in [1.82, 2.24) is 0 Å². The molecule has 0 bridgehead atoms. The molecule has 19 heavy (non-hydrogen) atoms. The summed E-state index contributed by atoms with van der Waals surface area (Å²) in [5.41, 5.74) is 0.582. The van der Waals surface area contributed by atoms with Gasteiger partial charge in [0.25, 0.3) is 0 Å². The summed E-state index contributed by atoms with van der Waals surface area (Å²) in [6, 6.07) is 0. The Hall–Kier alpha value is 1.28. The third-order valence-electron chi connectivity index (χ3n) is 5.00. The molecule has 2 rings (SSSR count). The first-order valence-corrected chi connectivity index (χ1v) is 10.1. The van der Waals surface area contributed by atoms with Gasteiger partial charge < -0.3 is 0 Å². The first-order valence-electron chi connectivity index (χ1n) is 7.23. The molecule has 1 spiro atoms. The Morgan fingerprint density at radius 3 is 1.84 bits per heavy atom. The molecule has 0 aromatic heterocycles. The summed E-state index contributed by atoms with van der Waals surface area (Å²) in [5.74, 6) is 3.48. The highest BCUT2D eigenvalue weighted by Gasteiger charge is 2.46. The lowest BCUT2D eigenvalue weighted by molar-refractivity contribution is 0.228. The average molecular weight is 341 g/mol. The Morgan fingerprint density at radius 1 is 1.00 bits per heavy atom. The Balaban J connectivity index is 1.92. The summed E-state index contributed by atoms with van der Waals surface area (Å²) in [5, 5.41) is 0. The second-order valence-electron chi connectivity index (χ2n) is 7.55. The lowest BCUT2D eigenvalue weighted by Gasteiger charge is -2.49. The van der Waals surface area contributed by atoms with Crippen LogP contribution in [-0.4, -0.2) is 20.4 Å².